The Morgan fingerprint density at radius 3 is 1.95 bits per heavy atom. The van der Waals surface area contributed by atoms with Gasteiger partial charge in [0.1, 0.15) is 12.6 Å². The summed E-state index contributed by atoms with van der Waals surface area (Å²) in [6, 6.07) is 18.6. The molecule has 0 radical (unpaired) electrons. The lowest BCUT2D eigenvalue weighted by Crippen LogP contribution is -2.52. The Morgan fingerprint density at radius 2 is 1.41 bits per heavy atom. The highest BCUT2D eigenvalue weighted by Gasteiger charge is 2.32. The number of nitrogens with one attached hydrogen (secondary N) is 1. The summed E-state index contributed by atoms with van der Waals surface area (Å²) in [4.78, 5) is 28.3. The third kappa shape index (κ3) is 7.97. The molecule has 3 aromatic rings. The zero-order chi connectivity index (χ0) is 28.7. The molecule has 208 valence electrons. The van der Waals surface area contributed by atoms with E-state index >= 15 is 0 Å². The molecular weight excluding hydrogens is 557 g/mol. The van der Waals surface area contributed by atoms with E-state index in [9.17, 15) is 18.0 Å². The van der Waals surface area contributed by atoms with Gasteiger partial charge in [-0.3, -0.25) is 13.9 Å². The van der Waals surface area contributed by atoms with Crippen molar-refractivity contribution >= 4 is 50.7 Å². The van der Waals surface area contributed by atoms with Gasteiger partial charge in [-0.05, 0) is 81.3 Å². The van der Waals surface area contributed by atoms with Gasteiger partial charge < -0.3 is 10.2 Å². The molecule has 0 aliphatic carbocycles. The maximum atomic E-state index is 13.9. The van der Waals surface area contributed by atoms with Gasteiger partial charge in [0.25, 0.3) is 10.0 Å². The van der Waals surface area contributed by atoms with Crippen molar-refractivity contribution in [2.24, 2.45) is 0 Å². The van der Waals surface area contributed by atoms with E-state index in [0.29, 0.717) is 15.7 Å². The fourth-order valence-electron chi connectivity index (χ4n) is 3.81. The summed E-state index contributed by atoms with van der Waals surface area (Å²) in [5, 5.41) is 3.85. The van der Waals surface area contributed by atoms with Crippen LogP contribution in [0.3, 0.4) is 0 Å². The van der Waals surface area contributed by atoms with Gasteiger partial charge in [-0.15, -0.1) is 0 Å². The van der Waals surface area contributed by atoms with Gasteiger partial charge in [-0.2, -0.15) is 0 Å². The number of hydrogen-bond donors (Lipinski definition) is 1. The van der Waals surface area contributed by atoms with Crippen LogP contribution >= 0.6 is 23.2 Å². The molecule has 2 amide bonds. The molecule has 0 unspecified atom stereocenters. The Bertz CT molecular complexity index is 1380. The van der Waals surface area contributed by atoms with Crippen molar-refractivity contribution in [1.82, 2.24) is 10.2 Å². The smallest absolute Gasteiger partial charge is 0.264 e. The van der Waals surface area contributed by atoms with Gasteiger partial charge >= 0.3 is 0 Å². The summed E-state index contributed by atoms with van der Waals surface area (Å²) < 4.78 is 28.6. The second-order valence-corrected chi connectivity index (χ2v) is 12.2. The van der Waals surface area contributed by atoms with Crippen LogP contribution in [0.1, 0.15) is 38.3 Å². The Kier molecular flexibility index (Phi) is 10.4. The van der Waals surface area contributed by atoms with Crippen LogP contribution in [0.4, 0.5) is 5.69 Å². The minimum Gasteiger partial charge on any atom is -0.352 e. The van der Waals surface area contributed by atoms with Gasteiger partial charge in [0.15, 0.2) is 0 Å². The lowest BCUT2D eigenvalue weighted by atomic mass is 10.1. The molecule has 10 heteroatoms. The summed E-state index contributed by atoms with van der Waals surface area (Å²) >= 11 is 12.0. The highest BCUT2D eigenvalue weighted by Crippen LogP contribution is 2.26. The van der Waals surface area contributed by atoms with Crippen LogP contribution < -0.4 is 9.62 Å². The van der Waals surface area contributed by atoms with Crippen LogP contribution in [0.15, 0.2) is 77.7 Å². The van der Waals surface area contributed by atoms with Gasteiger partial charge in [0.05, 0.1) is 10.6 Å². The molecule has 39 heavy (non-hydrogen) atoms. The first-order valence-electron chi connectivity index (χ1n) is 12.6. The topological polar surface area (TPSA) is 86.8 Å². The van der Waals surface area contributed by atoms with E-state index in [-0.39, 0.29) is 23.4 Å². The van der Waals surface area contributed by atoms with Crippen LogP contribution in [0.25, 0.3) is 0 Å². The van der Waals surface area contributed by atoms with Crippen molar-refractivity contribution in [3.63, 3.8) is 0 Å². The van der Waals surface area contributed by atoms with Crippen molar-refractivity contribution in [2.45, 2.75) is 57.6 Å². The molecule has 0 aliphatic rings. The Morgan fingerprint density at radius 1 is 0.872 bits per heavy atom. The van der Waals surface area contributed by atoms with E-state index in [2.05, 4.69) is 5.32 Å². The lowest BCUT2D eigenvalue weighted by Gasteiger charge is -2.32. The first kappa shape index (κ1) is 30.5. The van der Waals surface area contributed by atoms with Gasteiger partial charge in [0, 0.05) is 22.6 Å². The zero-order valence-electron chi connectivity index (χ0n) is 22.4. The molecule has 0 bridgehead atoms. The van der Waals surface area contributed by atoms with Crippen molar-refractivity contribution < 1.29 is 18.0 Å². The minimum absolute atomic E-state index is 0.00733. The van der Waals surface area contributed by atoms with E-state index in [1.54, 1.807) is 55.5 Å². The molecule has 3 aromatic carbocycles. The van der Waals surface area contributed by atoms with E-state index in [4.69, 9.17) is 23.2 Å². The van der Waals surface area contributed by atoms with Crippen LogP contribution in [0.5, 0.6) is 0 Å². The number of anilines is 1. The Hall–Kier alpha value is -3.07. The fourth-order valence-corrected chi connectivity index (χ4v) is 5.47. The van der Waals surface area contributed by atoms with Crippen molar-refractivity contribution in [2.75, 3.05) is 10.8 Å². The normalized spacial score (nSPS) is 12.9. The molecule has 3 rings (SSSR count). The van der Waals surface area contributed by atoms with Crippen LogP contribution in [0.2, 0.25) is 10.0 Å². The van der Waals surface area contributed by atoms with Gasteiger partial charge in [-0.1, -0.05) is 60.0 Å². The van der Waals surface area contributed by atoms with Crippen LogP contribution in [0, 0.1) is 6.92 Å². The molecule has 7 nitrogen and oxygen atoms in total. The molecule has 2 atom stereocenters. The van der Waals surface area contributed by atoms with Crippen molar-refractivity contribution in [1.29, 1.82) is 0 Å². The first-order chi connectivity index (χ1) is 18.4. The number of halogens is 2. The number of carbonyl (C=O) groups excluding carboxylic acids is 2. The van der Waals surface area contributed by atoms with E-state index < -0.39 is 28.5 Å². The molecular formula is C29H33Cl2N3O4S. The van der Waals surface area contributed by atoms with Crippen LogP contribution in [-0.2, 0) is 26.2 Å². The number of rotatable bonds is 11. The Labute approximate surface area is 240 Å². The molecule has 0 fully saturated rings. The summed E-state index contributed by atoms with van der Waals surface area (Å²) in [5.74, 6) is -0.857. The molecule has 0 aliphatic heterocycles. The SMILES string of the molecule is CC[C@@H](C)NC(=O)[C@H](C)N(Cc1ccc(Cl)cc1)C(=O)CN(c1ccc(C)cc1)S(=O)(=O)c1ccc(Cl)cc1. The Balaban J connectivity index is 2.01. The summed E-state index contributed by atoms with van der Waals surface area (Å²) in [6.07, 6.45) is 0.726. The van der Waals surface area contributed by atoms with Crippen LogP contribution in [-0.4, -0.2) is 43.8 Å². The number of sulfonamides is 1. The predicted molar refractivity (Wildman–Crippen MR) is 157 cm³/mol. The highest BCUT2D eigenvalue weighted by atomic mass is 35.5. The third-order valence-electron chi connectivity index (χ3n) is 6.44. The predicted octanol–water partition coefficient (Wildman–Crippen LogP) is 5.83. The number of hydrogen-bond acceptors (Lipinski definition) is 4. The fraction of sp³-hybridized carbons (Fsp3) is 0.310. The molecule has 1 N–H and O–H groups in total. The molecule has 0 saturated carbocycles. The molecule has 0 spiro atoms. The summed E-state index contributed by atoms with van der Waals surface area (Å²) in [5.41, 5.74) is 2.01. The highest BCUT2D eigenvalue weighted by molar-refractivity contribution is 7.92. The summed E-state index contributed by atoms with van der Waals surface area (Å²) in [6.45, 7) is 6.94. The maximum absolute atomic E-state index is 13.9. The average Bonchev–Trinajstić information content (AvgIpc) is 2.91. The first-order valence-corrected chi connectivity index (χ1v) is 14.8. The monoisotopic (exact) mass is 589 g/mol. The van der Waals surface area contributed by atoms with E-state index in [1.165, 1.54) is 29.2 Å². The van der Waals surface area contributed by atoms with Crippen molar-refractivity contribution in [3.05, 3.63) is 94.0 Å². The van der Waals surface area contributed by atoms with Gasteiger partial charge in [-0.25, -0.2) is 8.42 Å². The largest absolute Gasteiger partial charge is 0.352 e. The second-order valence-electron chi connectivity index (χ2n) is 9.44. The third-order valence-corrected chi connectivity index (χ3v) is 8.73. The standard InChI is InChI=1S/C29H33Cl2N3O4S/c1-5-21(3)32-29(36)22(4)33(18-23-8-10-24(30)11-9-23)28(35)19-34(26-14-6-20(2)7-15-26)39(37,38)27-16-12-25(31)13-17-27/h6-17,21-22H,5,18-19H2,1-4H3,(H,32,36)/t21-,22+/m1/s1. The summed E-state index contributed by atoms with van der Waals surface area (Å²) in [7, 11) is -4.15. The zero-order valence-corrected chi connectivity index (χ0v) is 24.7. The number of aryl methyl sites for hydroxylation is 1. The average molecular weight is 591 g/mol. The molecule has 0 heterocycles. The maximum Gasteiger partial charge on any atom is 0.264 e. The number of amides is 2. The van der Waals surface area contributed by atoms with E-state index in [1.807, 2.05) is 20.8 Å². The second kappa shape index (κ2) is 13.3. The van der Waals surface area contributed by atoms with Gasteiger partial charge in [0.2, 0.25) is 11.8 Å². The number of benzene rings is 3. The minimum atomic E-state index is -4.15. The van der Waals surface area contributed by atoms with Crippen molar-refractivity contribution in [3.8, 4) is 0 Å². The number of carbonyl (C=O) groups is 2. The number of nitrogens with zero attached hydrogens (tertiary/aromatic N) is 2. The molecule has 0 saturated heterocycles. The molecule has 0 aromatic heterocycles. The van der Waals surface area contributed by atoms with E-state index in [0.717, 1.165) is 21.9 Å². The quantitative estimate of drug-likeness (QED) is 0.305. The lowest BCUT2D eigenvalue weighted by molar-refractivity contribution is -0.139.